The van der Waals surface area contributed by atoms with Crippen LogP contribution in [0.15, 0.2) is 18.2 Å². The van der Waals surface area contributed by atoms with Gasteiger partial charge in [-0.1, -0.05) is 41.5 Å². The quantitative estimate of drug-likeness (QED) is 0.277. The van der Waals surface area contributed by atoms with E-state index >= 15 is 0 Å². The number of carbonyl (C=O) groups excluding carboxylic acids is 3. The van der Waals surface area contributed by atoms with Crippen LogP contribution in [-0.2, 0) is 19.1 Å². The first kappa shape index (κ1) is 38.4. The third-order valence-electron chi connectivity index (χ3n) is 8.13. The second-order valence-electron chi connectivity index (χ2n) is 15.1. The normalized spacial score (nSPS) is 14.8. The Morgan fingerprint density at radius 1 is 0.891 bits per heavy atom. The summed E-state index contributed by atoms with van der Waals surface area (Å²) in [6.07, 6.45) is 2.07. The predicted octanol–water partition coefficient (Wildman–Crippen LogP) is 5.51. The molecule has 0 saturated carbocycles. The summed E-state index contributed by atoms with van der Waals surface area (Å²) in [7, 11) is 1.54. The molecule has 12 heteroatoms. The average molecular weight is 649 g/mol. The number of hydrogen-bond acceptors (Lipinski definition) is 8. The van der Waals surface area contributed by atoms with E-state index < -0.39 is 46.4 Å². The fourth-order valence-corrected chi connectivity index (χ4v) is 5.94. The Bertz CT molecular complexity index is 1260. The van der Waals surface area contributed by atoms with Crippen LogP contribution in [0.2, 0.25) is 0 Å². The van der Waals surface area contributed by atoms with Crippen molar-refractivity contribution in [2.24, 2.45) is 16.7 Å². The summed E-state index contributed by atoms with van der Waals surface area (Å²) in [5.41, 5.74) is -3.99. The topological polar surface area (TPSA) is 160 Å². The third-order valence-corrected chi connectivity index (χ3v) is 8.13. The molecule has 2 amide bonds. The van der Waals surface area contributed by atoms with Gasteiger partial charge in [-0.2, -0.15) is 0 Å². The molecule has 0 aliphatic carbocycles. The molecule has 0 atom stereocenters. The number of carboxylic acid groups (broad SMARTS) is 2. The largest absolute Gasteiger partial charge is 0.479 e. The van der Waals surface area contributed by atoms with Gasteiger partial charge in [-0.05, 0) is 64.2 Å². The molecule has 1 aromatic rings. The van der Waals surface area contributed by atoms with Crippen molar-refractivity contribution in [1.82, 2.24) is 9.80 Å². The second-order valence-corrected chi connectivity index (χ2v) is 15.1. The van der Waals surface area contributed by atoms with E-state index in [2.05, 4.69) is 0 Å². The smallest absolute Gasteiger partial charge is 0.410 e. The molecule has 1 aromatic carbocycles. The van der Waals surface area contributed by atoms with Gasteiger partial charge < -0.3 is 34.2 Å². The number of Topliss-reactive ketones (excluding diaryl/α,β-unsaturated/α-hetero) is 1. The fraction of sp³-hybridized carbons (Fsp3) is 0.676. The molecule has 1 saturated heterocycles. The van der Waals surface area contributed by atoms with Gasteiger partial charge in [0.2, 0.25) is 11.5 Å². The molecule has 1 fully saturated rings. The Morgan fingerprint density at radius 2 is 1.46 bits per heavy atom. The monoisotopic (exact) mass is 648 g/mol. The van der Waals surface area contributed by atoms with E-state index in [0.29, 0.717) is 19.5 Å². The Labute approximate surface area is 272 Å². The molecule has 12 nitrogen and oxygen atoms in total. The van der Waals surface area contributed by atoms with Crippen molar-refractivity contribution >= 4 is 29.7 Å². The van der Waals surface area contributed by atoms with Crippen LogP contribution in [-0.4, -0.2) is 94.2 Å². The average Bonchev–Trinajstić information content (AvgIpc) is 2.91. The van der Waals surface area contributed by atoms with E-state index in [1.54, 1.807) is 53.5 Å². The number of piperidine rings is 1. The summed E-state index contributed by atoms with van der Waals surface area (Å²) in [5, 5.41) is 19.6. The van der Waals surface area contributed by atoms with Gasteiger partial charge in [0.1, 0.15) is 5.60 Å². The SMILES string of the molecule is CN(CC(=O)c1ccc(OC(C(=O)O)(C(C)(C)C)C(C)(C)C)c(OCC(=O)O)c1)C(=O)CCC1CCN(C(=O)OC(C)(C)C)CC1. The van der Waals surface area contributed by atoms with Crippen molar-refractivity contribution in [3.63, 3.8) is 0 Å². The molecule has 46 heavy (non-hydrogen) atoms. The Hall–Kier alpha value is -3.83. The lowest BCUT2D eigenvalue weighted by Crippen LogP contribution is -2.63. The van der Waals surface area contributed by atoms with Gasteiger partial charge in [-0.3, -0.25) is 9.59 Å². The van der Waals surface area contributed by atoms with Crippen molar-refractivity contribution in [3.8, 4) is 11.5 Å². The van der Waals surface area contributed by atoms with Gasteiger partial charge in [-0.15, -0.1) is 0 Å². The summed E-state index contributed by atoms with van der Waals surface area (Å²) in [6, 6.07) is 4.15. The summed E-state index contributed by atoms with van der Waals surface area (Å²) >= 11 is 0. The maximum Gasteiger partial charge on any atom is 0.410 e. The minimum atomic E-state index is -1.76. The standard InChI is InChI=1S/C34H52N2O10/c1-31(2,3)34(29(41)42,32(4,5)6)45-25-13-12-23(19-26(25)44-21-28(39)40)24(37)20-35(10)27(38)14-11-22-15-17-36(18-16-22)30(43)46-33(7,8)9/h12-13,19,22H,11,14-18,20-21H2,1-10H3,(H,39,40)(H,41,42). The third kappa shape index (κ3) is 9.83. The first-order chi connectivity index (χ1) is 21.0. The number of nitrogens with zero attached hydrogens (tertiary/aromatic N) is 2. The highest BCUT2D eigenvalue weighted by Crippen LogP contribution is 2.49. The van der Waals surface area contributed by atoms with E-state index in [1.807, 2.05) is 20.8 Å². The second kappa shape index (κ2) is 14.7. The van der Waals surface area contributed by atoms with Gasteiger partial charge in [0.05, 0.1) is 6.54 Å². The van der Waals surface area contributed by atoms with Crippen molar-refractivity contribution in [3.05, 3.63) is 23.8 Å². The van der Waals surface area contributed by atoms with Crippen LogP contribution in [0.5, 0.6) is 11.5 Å². The van der Waals surface area contributed by atoms with Crippen LogP contribution >= 0.6 is 0 Å². The molecule has 1 aliphatic rings. The summed E-state index contributed by atoms with van der Waals surface area (Å²) in [5.74, 6) is -2.93. The van der Waals surface area contributed by atoms with E-state index in [1.165, 1.54) is 23.1 Å². The maximum atomic E-state index is 13.2. The lowest BCUT2D eigenvalue weighted by atomic mass is 9.62. The Morgan fingerprint density at radius 3 is 1.93 bits per heavy atom. The van der Waals surface area contributed by atoms with Crippen LogP contribution in [0.3, 0.4) is 0 Å². The Balaban J connectivity index is 2.13. The number of likely N-dealkylation sites (tertiary alicyclic amines) is 1. The highest BCUT2D eigenvalue weighted by Gasteiger charge is 2.60. The number of carbonyl (C=O) groups is 5. The summed E-state index contributed by atoms with van der Waals surface area (Å²) in [6.45, 7) is 16.1. The number of hydrogen-bond donors (Lipinski definition) is 2. The lowest BCUT2D eigenvalue weighted by molar-refractivity contribution is -0.184. The van der Waals surface area contributed by atoms with Crippen LogP contribution in [0.25, 0.3) is 0 Å². The van der Waals surface area contributed by atoms with E-state index in [0.717, 1.165) is 12.8 Å². The minimum absolute atomic E-state index is 0.0211. The van der Waals surface area contributed by atoms with Crippen LogP contribution in [0, 0.1) is 16.7 Å². The molecule has 0 unspecified atom stereocenters. The zero-order chi connectivity index (χ0) is 35.3. The van der Waals surface area contributed by atoms with Crippen LogP contribution in [0.4, 0.5) is 4.79 Å². The number of ketones is 1. The number of benzene rings is 1. The minimum Gasteiger partial charge on any atom is -0.479 e. The van der Waals surface area contributed by atoms with Crippen molar-refractivity contribution < 1.29 is 48.4 Å². The summed E-state index contributed by atoms with van der Waals surface area (Å²) in [4.78, 5) is 65.5. The molecule has 0 aromatic heterocycles. The first-order valence-corrected chi connectivity index (χ1v) is 15.6. The number of amides is 2. The molecule has 1 aliphatic heterocycles. The Kier molecular flexibility index (Phi) is 12.3. The molecule has 0 radical (unpaired) electrons. The van der Waals surface area contributed by atoms with Crippen molar-refractivity contribution in [2.45, 2.75) is 99.2 Å². The molecule has 2 N–H and O–H groups in total. The van der Waals surface area contributed by atoms with Crippen LogP contribution < -0.4 is 9.47 Å². The molecular weight excluding hydrogens is 596 g/mol. The molecule has 0 bridgehead atoms. The fourth-order valence-electron chi connectivity index (χ4n) is 5.94. The molecular formula is C34H52N2O10. The van der Waals surface area contributed by atoms with Gasteiger partial charge in [0, 0.05) is 43.0 Å². The maximum absolute atomic E-state index is 13.2. The van der Waals surface area contributed by atoms with Crippen LogP contribution in [0.1, 0.15) is 98.4 Å². The van der Waals surface area contributed by atoms with E-state index in [-0.39, 0.29) is 47.9 Å². The van der Waals surface area contributed by atoms with E-state index in [9.17, 15) is 34.2 Å². The number of carboxylic acids is 2. The van der Waals surface area contributed by atoms with Gasteiger partial charge in [0.25, 0.3) is 0 Å². The molecule has 0 spiro atoms. The first-order valence-electron chi connectivity index (χ1n) is 15.6. The summed E-state index contributed by atoms with van der Waals surface area (Å²) < 4.78 is 17.1. The number of aliphatic carboxylic acids is 2. The zero-order valence-electron chi connectivity index (χ0n) is 29.0. The highest BCUT2D eigenvalue weighted by atomic mass is 16.6. The molecule has 2 rings (SSSR count). The predicted molar refractivity (Wildman–Crippen MR) is 171 cm³/mol. The van der Waals surface area contributed by atoms with E-state index in [4.69, 9.17) is 14.2 Å². The van der Waals surface area contributed by atoms with Crippen molar-refractivity contribution in [2.75, 3.05) is 33.3 Å². The van der Waals surface area contributed by atoms with Gasteiger partial charge >= 0.3 is 18.0 Å². The molecule has 258 valence electrons. The van der Waals surface area contributed by atoms with Gasteiger partial charge in [0.15, 0.2) is 23.9 Å². The number of likely N-dealkylation sites (N-methyl/N-ethyl adjacent to an activating group) is 1. The lowest BCUT2D eigenvalue weighted by Gasteiger charge is -2.49. The zero-order valence-corrected chi connectivity index (χ0v) is 29.0. The number of ether oxygens (including phenoxy) is 3. The molecule has 1 heterocycles. The highest BCUT2D eigenvalue weighted by molar-refractivity contribution is 5.99. The number of rotatable bonds is 12. The van der Waals surface area contributed by atoms with Crippen molar-refractivity contribution in [1.29, 1.82) is 0 Å². The van der Waals surface area contributed by atoms with Gasteiger partial charge in [-0.25, -0.2) is 14.4 Å².